The Labute approximate surface area is 93.9 Å². The maximum absolute atomic E-state index is 11.5. The number of methoxy groups -OCH3 is 1. The van der Waals surface area contributed by atoms with Crippen LogP contribution in [0.15, 0.2) is 18.2 Å². The monoisotopic (exact) mass is 228 g/mol. The maximum atomic E-state index is 11.5. The molecule has 1 rings (SSSR count). The first-order valence-corrected chi connectivity index (χ1v) is 5.16. The fraction of sp³-hybridized carbons (Fsp3) is 0.364. The minimum absolute atomic E-state index is 0.340. The summed E-state index contributed by atoms with van der Waals surface area (Å²) in [4.78, 5) is 11.5. The summed E-state index contributed by atoms with van der Waals surface area (Å²) < 4.78 is 9.98. The third-order valence-electron chi connectivity index (χ3n) is 1.91. The van der Waals surface area contributed by atoms with Gasteiger partial charge in [0.05, 0.1) is 13.7 Å². The molecule has 0 aromatic heterocycles. The van der Waals surface area contributed by atoms with Crippen molar-refractivity contribution in [3.05, 3.63) is 29.3 Å². The molecule has 15 heavy (non-hydrogen) atoms. The van der Waals surface area contributed by atoms with E-state index in [9.17, 15) is 4.79 Å². The van der Waals surface area contributed by atoms with Gasteiger partial charge in [-0.1, -0.05) is 6.07 Å². The molecule has 1 aromatic rings. The number of carbonyl (C=O) groups excluding carboxylic acids is 1. The molecule has 0 saturated heterocycles. The van der Waals surface area contributed by atoms with Crippen molar-refractivity contribution >= 4 is 17.6 Å². The van der Waals surface area contributed by atoms with Gasteiger partial charge in [-0.05, 0) is 24.6 Å². The fourth-order valence-electron chi connectivity index (χ4n) is 1.21. The first-order chi connectivity index (χ1) is 7.22. The average Bonchev–Trinajstić information content (AvgIpc) is 2.28. The molecule has 82 valence electrons. The highest BCUT2D eigenvalue weighted by molar-refractivity contribution is 6.17. The average molecular weight is 229 g/mol. The van der Waals surface area contributed by atoms with Crippen LogP contribution < -0.4 is 4.74 Å². The van der Waals surface area contributed by atoms with Gasteiger partial charge in [-0.25, -0.2) is 4.79 Å². The minimum Gasteiger partial charge on any atom is -0.496 e. The number of benzene rings is 1. The van der Waals surface area contributed by atoms with Crippen molar-refractivity contribution in [2.75, 3.05) is 13.7 Å². The van der Waals surface area contributed by atoms with E-state index < -0.39 is 0 Å². The van der Waals surface area contributed by atoms with Crippen LogP contribution in [0.25, 0.3) is 0 Å². The van der Waals surface area contributed by atoms with E-state index in [1.54, 1.807) is 19.1 Å². The molecule has 0 unspecified atom stereocenters. The molecule has 0 spiro atoms. The zero-order chi connectivity index (χ0) is 11.3. The van der Waals surface area contributed by atoms with Gasteiger partial charge in [0.25, 0.3) is 0 Å². The van der Waals surface area contributed by atoms with Crippen LogP contribution in [0.1, 0.15) is 22.8 Å². The Morgan fingerprint density at radius 2 is 2.20 bits per heavy atom. The summed E-state index contributed by atoms with van der Waals surface area (Å²) in [5, 5.41) is 0. The lowest BCUT2D eigenvalue weighted by Gasteiger charge is -2.08. The highest BCUT2D eigenvalue weighted by atomic mass is 35.5. The number of hydrogen-bond donors (Lipinski definition) is 0. The fourth-order valence-corrected chi connectivity index (χ4v) is 1.37. The summed E-state index contributed by atoms with van der Waals surface area (Å²) in [6, 6.07) is 5.21. The first kappa shape index (κ1) is 11.9. The second-order valence-electron chi connectivity index (χ2n) is 2.89. The third-order valence-corrected chi connectivity index (χ3v) is 2.22. The lowest BCUT2D eigenvalue weighted by atomic mass is 10.1. The van der Waals surface area contributed by atoms with Crippen LogP contribution >= 0.6 is 11.6 Å². The lowest BCUT2D eigenvalue weighted by Crippen LogP contribution is -2.07. The standard InChI is InChI=1S/C11H13ClO3/c1-3-15-11(13)9-6-8(7-12)4-5-10(9)14-2/h4-6H,3,7H2,1-2H3. The van der Waals surface area contributed by atoms with Gasteiger partial charge in [0.1, 0.15) is 11.3 Å². The van der Waals surface area contributed by atoms with E-state index in [0.717, 1.165) is 5.56 Å². The maximum Gasteiger partial charge on any atom is 0.341 e. The molecule has 0 N–H and O–H groups in total. The number of carbonyl (C=O) groups is 1. The molecule has 0 amide bonds. The summed E-state index contributed by atoms with van der Waals surface area (Å²) in [6.07, 6.45) is 0. The number of alkyl halides is 1. The number of rotatable bonds is 4. The van der Waals surface area contributed by atoms with Crippen molar-refractivity contribution in [2.45, 2.75) is 12.8 Å². The van der Waals surface area contributed by atoms with Gasteiger partial charge in [0, 0.05) is 5.88 Å². The lowest BCUT2D eigenvalue weighted by molar-refractivity contribution is 0.0522. The molecule has 0 aliphatic rings. The molecule has 0 aliphatic heterocycles. The van der Waals surface area contributed by atoms with Crippen molar-refractivity contribution in [2.24, 2.45) is 0 Å². The van der Waals surface area contributed by atoms with E-state index in [4.69, 9.17) is 21.1 Å². The van der Waals surface area contributed by atoms with E-state index in [1.165, 1.54) is 7.11 Å². The third kappa shape index (κ3) is 2.86. The molecule has 0 fully saturated rings. The second-order valence-corrected chi connectivity index (χ2v) is 3.16. The SMILES string of the molecule is CCOC(=O)c1cc(CCl)ccc1OC. The Morgan fingerprint density at radius 1 is 1.47 bits per heavy atom. The molecule has 0 aliphatic carbocycles. The van der Waals surface area contributed by atoms with Crippen LogP contribution in [0.5, 0.6) is 5.75 Å². The number of ether oxygens (including phenoxy) is 2. The smallest absolute Gasteiger partial charge is 0.341 e. The summed E-state index contributed by atoms with van der Waals surface area (Å²) in [7, 11) is 1.51. The molecule has 0 saturated carbocycles. The molecular formula is C11H13ClO3. The van der Waals surface area contributed by atoms with Crippen LogP contribution in [-0.4, -0.2) is 19.7 Å². The van der Waals surface area contributed by atoms with E-state index in [2.05, 4.69) is 0 Å². The van der Waals surface area contributed by atoms with Crippen LogP contribution in [0, 0.1) is 0 Å². The van der Waals surface area contributed by atoms with Crippen LogP contribution in [0.4, 0.5) is 0 Å². The Bertz CT molecular complexity index is 350. The van der Waals surface area contributed by atoms with Gasteiger partial charge in [-0.15, -0.1) is 11.6 Å². The molecular weight excluding hydrogens is 216 g/mol. The topological polar surface area (TPSA) is 35.5 Å². The van der Waals surface area contributed by atoms with Crippen molar-refractivity contribution in [1.29, 1.82) is 0 Å². The van der Waals surface area contributed by atoms with Crippen molar-refractivity contribution < 1.29 is 14.3 Å². The number of esters is 1. The zero-order valence-corrected chi connectivity index (χ0v) is 9.50. The molecule has 3 nitrogen and oxygen atoms in total. The Morgan fingerprint density at radius 3 is 2.73 bits per heavy atom. The van der Waals surface area contributed by atoms with Gasteiger partial charge in [-0.3, -0.25) is 0 Å². The van der Waals surface area contributed by atoms with Crippen molar-refractivity contribution in [1.82, 2.24) is 0 Å². The number of halogens is 1. The molecule has 4 heteroatoms. The van der Waals surface area contributed by atoms with Crippen molar-refractivity contribution in [3.63, 3.8) is 0 Å². The largest absolute Gasteiger partial charge is 0.496 e. The quantitative estimate of drug-likeness (QED) is 0.587. The van der Waals surface area contributed by atoms with E-state index in [-0.39, 0.29) is 5.97 Å². The zero-order valence-electron chi connectivity index (χ0n) is 8.75. The Balaban J connectivity index is 3.05. The van der Waals surface area contributed by atoms with Crippen molar-refractivity contribution in [3.8, 4) is 5.75 Å². The number of hydrogen-bond acceptors (Lipinski definition) is 3. The molecule has 0 bridgehead atoms. The van der Waals surface area contributed by atoms with Gasteiger partial charge in [0.2, 0.25) is 0 Å². The predicted molar refractivity (Wildman–Crippen MR) is 58.5 cm³/mol. The van der Waals surface area contributed by atoms with Crippen LogP contribution in [0.2, 0.25) is 0 Å². The molecule has 0 radical (unpaired) electrons. The summed E-state index contributed by atoms with van der Waals surface area (Å²) >= 11 is 5.68. The normalized spacial score (nSPS) is 9.80. The second kappa shape index (κ2) is 5.61. The highest BCUT2D eigenvalue weighted by Gasteiger charge is 2.13. The van der Waals surface area contributed by atoms with Crippen LogP contribution in [-0.2, 0) is 10.6 Å². The van der Waals surface area contributed by atoms with E-state index in [1.807, 2.05) is 6.07 Å². The molecule has 0 heterocycles. The Hall–Kier alpha value is -1.22. The van der Waals surface area contributed by atoms with Gasteiger partial charge >= 0.3 is 5.97 Å². The van der Waals surface area contributed by atoms with Gasteiger partial charge in [0.15, 0.2) is 0 Å². The van der Waals surface area contributed by atoms with Gasteiger partial charge in [-0.2, -0.15) is 0 Å². The van der Waals surface area contributed by atoms with Gasteiger partial charge < -0.3 is 9.47 Å². The summed E-state index contributed by atoms with van der Waals surface area (Å²) in [5.74, 6) is 0.472. The molecule has 0 atom stereocenters. The minimum atomic E-state index is -0.388. The van der Waals surface area contributed by atoms with Crippen LogP contribution in [0.3, 0.4) is 0 Å². The highest BCUT2D eigenvalue weighted by Crippen LogP contribution is 2.21. The first-order valence-electron chi connectivity index (χ1n) is 4.63. The summed E-state index contributed by atoms with van der Waals surface area (Å²) in [5.41, 5.74) is 1.28. The Kier molecular flexibility index (Phi) is 4.43. The predicted octanol–water partition coefficient (Wildman–Crippen LogP) is 2.61. The van der Waals surface area contributed by atoms with E-state index >= 15 is 0 Å². The van der Waals surface area contributed by atoms with E-state index in [0.29, 0.717) is 23.8 Å². The molecule has 1 aromatic carbocycles. The summed E-state index contributed by atoms with van der Waals surface area (Å²) in [6.45, 7) is 2.10.